The summed E-state index contributed by atoms with van der Waals surface area (Å²) >= 11 is 0. The summed E-state index contributed by atoms with van der Waals surface area (Å²) in [6.45, 7) is 3.62. The first-order chi connectivity index (χ1) is 12.9. The third-order valence-corrected chi connectivity index (χ3v) is 5.94. The highest BCUT2D eigenvalue weighted by atomic mass is 15.4. The molecule has 0 radical (unpaired) electrons. The zero-order valence-corrected chi connectivity index (χ0v) is 15.0. The molecule has 2 aliphatic rings. The van der Waals surface area contributed by atoms with E-state index in [0.717, 1.165) is 41.5 Å². The van der Waals surface area contributed by atoms with Crippen LogP contribution in [0, 0.1) is 5.92 Å². The lowest BCUT2D eigenvalue weighted by atomic mass is 9.84. The van der Waals surface area contributed by atoms with Crippen molar-refractivity contribution in [1.82, 2.24) is 29.7 Å². The van der Waals surface area contributed by atoms with Gasteiger partial charge in [0.1, 0.15) is 0 Å². The van der Waals surface area contributed by atoms with Crippen molar-refractivity contribution in [1.29, 1.82) is 0 Å². The van der Waals surface area contributed by atoms with Crippen LogP contribution in [-0.4, -0.2) is 49.3 Å². The number of hydrogen-bond acceptors (Lipinski definition) is 5. The lowest BCUT2D eigenvalue weighted by Gasteiger charge is -2.36. The van der Waals surface area contributed by atoms with Gasteiger partial charge < -0.3 is 4.90 Å². The van der Waals surface area contributed by atoms with Crippen molar-refractivity contribution in [3.63, 3.8) is 0 Å². The van der Waals surface area contributed by atoms with Gasteiger partial charge in [0.25, 0.3) is 0 Å². The van der Waals surface area contributed by atoms with Crippen LogP contribution < -0.4 is 0 Å². The molecule has 3 aromatic rings. The van der Waals surface area contributed by atoms with Crippen molar-refractivity contribution < 1.29 is 0 Å². The molecule has 1 saturated heterocycles. The number of aromatic nitrogens is 5. The van der Waals surface area contributed by atoms with Crippen LogP contribution >= 0.6 is 0 Å². The second-order valence-corrected chi connectivity index (χ2v) is 7.66. The maximum absolute atomic E-state index is 4.81. The van der Waals surface area contributed by atoms with Gasteiger partial charge in [-0.2, -0.15) is 9.61 Å². The van der Waals surface area contributed by atoms with Gasteiger partial charge in [0.05, 0.1) is 5.69 Å². The summed E-state index contributed by atoms with van der Waals surface area (Å²) in [5.41, 5.74) is 2.75. The van der Waals surface area contributed by atoms with Gasteiger partial charge in [0.15, 0.2) is 11.5 Å². The molecule has 1 saturated carbocycles. The van der Waals surface area contributed by atoms with Gasteiger partial charge in [-0.1, -0.05) is 6.42 Å². The number of hydrogen-bond donors (Lipinski definition) is 0. The fourth-order valence-corrected chi connectivity index (χ4v) is 4.14. The van der Waals surface area contributed by atoms with E-state index in [1.807, 2.05) is 35.0 Å². The minimum Gasteiger partial charge on any atom is -0.303 e. The maximum atomic E-state index is 4.81. The zero-order chi connectivity index (χ0) is 17.3. The van der Waals surface area contributed by atoms with Gasteiger partial charge >= 0.3 is 0 Å². The van der Waals surface area contributed by atoms with Gasteiger partial charge in [-0.15, -0.1) is 10.2 Å². The third-order valence-electron chi connectivity index (χ3n) is 5.94. The minimum absolute atomic E-state index is 0.444. The standard InChI is InChI=1S/C20H24N6/c1-3-15(4-1)14-25-11-8-16(9-12-25)20-23-22-19-7-6-18(24-26(19)20)17-5-2-10-21-13-17/h2,5-7,10,13,15-16H,1,3-4,8-9,11-12,14H2. The van der Waals surface area contributed by atoms with Crippen LogP contribution in [0.25, 0.3) is 16.9 Å². The Morgan fingerprint density at radius 3 is 2.62 bits per heavy atom. The van der Waals surface area contributed by atoms with E-state index in [0.29, 0.717) is 5.92 Å². The summed E-state index contributed by atoms with van der Waals surface area (Å²) < 4.78 is 1.94. The number of nitrogens with zero attached hydrogens (tertiary/aromatic N) is 6. The largest absolute Gasteiger partial charge is 0.303 e. The molecule has 2 fully saturated rings. The number of likely N-dealkylation sites (tertiary alicyclic amines) is 1. The minimum atomic E-state index is 0.444. The van der Waals surface area contributed by atoms with Gasteiger partial charge in [-0.3, -0.25) is 4.98 Å². The average Bonchev–Trinajstić information content (AvgIpc) is 3.09. The third kappa shape index (κ3) is 2.98. The molecule has 1 aliphatic heterocycles. The Kier molecular flexibility index (Phi) is 4.13. The molecule has 0 N–H and O–H groups in total. The fraction of sp³-hybridized carbons (Fsp3) is 0.500. The first-order valence-electron chi connectivity index (χ1n) is 9.72. The van der Waals surface area contributed by atoms with Crippen molar-refractivity contribution in [3.8, 4) is 11.3 Å². The van der Waals surface area contributed by atoms with Crippen LogP contribution in [0.2, 0.25) is 0 Å². The Morgan fingerprint density at radius 2 is 1.88 bits per heavy atom. The number of rotatable bonds is 4. The quantitative estimate of drug-likeness (QED) is 0.725. The first kappa shape index (κ1) is 15.9. The van der Waals surface area contributed by atoms with Crippen LogP contribution in [0.3, 0.4) is 0 Å². The Labute approximate surface area is 153 Å². The first-order valence-corrected chi connectivity index (χ1v) is 9.72. The van der Waals surface area contributed by atoms with E-state index in [9.17, 15) is 0 Å². The van der Waals surface area contributed by atoms with Gasteiger partial charge in [-0.25, -0.2) is 0 Å². The van der Waals surface area contributed by atoms with Crippen LogP contribution in [0.4, 0.5) is 0 Å². The lowest BCUT2D eigenvalue weighted by molar-refractivity contribution is 0.145. The molecule has 0 aromatic carbocycles. The summed E-state index contributed by atoms with van der Waals surface area (Å²) in [5.74, 6) is 2.40. The predicted molar refractivity (Wildman–Crippen MR) is 99.8 cm³/mol. The van der Waals surface area contributed by atoms with E-state index in [2.05, 4.69) is 20.1 Å². The van der Waals surface area contributed by atoms with Crippen molar-refractivity contribution >= 4 is 5.65 Å². The van der Waals surface area contributed by atoms with Crippen molar-refractivity contribution in [2.24, 2.45) is 5.92 Å². The Bertz CT molecular complexity index is 878. The molecule has 0 amide bonds. The number of fused-ring (bicyclic) bond motifs is 1. The Morgan fingerprint density at radius 1 is 1.00 bits per heavy atom. The molecule has 1 aliphatic carbocycles. The molecule has 6 nitrogen and oxygen atoms in total. The van der Waals surface area contributed by atoms with Crippen molar-refractivity contribution in [3.05, 3.63) is 42.5 Å². The monoisotopic (exact) mass is 348 g/mol. The van der Waals surface area contributed by atoms with Crippen molar-refractivity contribution in [2.75, 3.05) is 19.6 Å². The van der Waals surface area contributed by atoms with Gasteiger partial charge in [-0.05, 0) is 69.0 Å². The maximum Gasteiger partial charge on any atom is 0.177 e. The summed E-state index contributed by atoms with van der Waals surface area (Å²) in [4.78, 5) is 6.84. The molecular weight excluding hydrogens is 324 g/mol. The molecule has 0 spiro atoms. The summed E-state index contributed by atoms with van der Waals surface area (Å²) in [6.07, 6.45) is 10.2. The highest BCUT2D eigenvalue weighted by Gasteiger charge is 2.27. The second-order valence-electron chi connectivity index (χ2n) is 7.66. The van der Waals surface area contributed by atoms with Gasteiger partial charge in [0, 0.05) is 30.4 Å². The van der Waals surface area contributed by atoms with Crippen LogP contribution in [0.1, 0.15) is 43.8 Å². The summed E-state index contributed by atoms with van der Waals surface area (Å²) in [5, 5.41) is 13.6. The topological polar surface area (TPSA) is 59.2 Å². The number of piperidine rings is 1. The molecule has 0 bridgehead atoms. The molecule has 3 aromatic heterocycles. The summed E-state index contributed by atoms with van der Waals surface area (Å²) in [6, 6.07) is 7.96. The van der Waals surface area contributed by atoms with Crippen LogP contribution in [-0.2, 0) is 0 Å². The van der Waals surface area contributed by atoms with E-state index in [4.69, 9.17) is 5.10 Å². The highest BCUT2D eigenvalue weighted by molar-refractivity contribution is 5.58. The normalized spacial score (nSPS) is 19.7. The Balaban J connectivity index is 1.36. The zero-order valence-electron chi connectivity index (χ0n) is 15.0. The van der Waals surface area contributed by atoms with E-state index in [-0.39, 0.29) is 0 Å². The molecule has 6 heteroatoms. The fourth-order valence-electron chi connectivity index (χ4n) is 4.14. The van der Waals surface area contributed by atoms with Crippen LogP contribution in [0.5, 0.6) is 0 Å². The average molecular weight is 348 g/mol. The molecule has 4 heterocycles. The second kappa shape index (κ2) is 6.76. The summed E-state index contributed by atoms with van der Waals surface area (Å²) in [7, 11) is 0. The number of pyridine rings is 1. The lowest BCUT2D eigenvalue weighted by Crippen LogP contribution is -2.38. The van der Waals surface area contributed by atoms with E-state index in [1.165, 1.54) is 38.9 Å². The molecule has 0 unspecified atom stereocenters. The molecule has 134 valence electrons. The smallest absolute Gasteiger partial charge is 0.177 e. The van der Waals surface area contributed by atoms with E-state index < -0.39 is 0 Å². The van der Waals surface area contributed by atoms with Crippen LogP contribution in [0.15, 0.2) is 36.7 Å². The highest BCUT2D eigenvalue weighted by Crippen LogP contribution is 2.31. The van der Waals surface area contributed by atoms with E-state index >= 15 is 0 Å². The SMILES string of the molecule is c1cncc(-c2ccc3nnc(C4CCN(CC5CCC5)CC4)n3n2)c1. The Hall–Kier alpha value is -2.34. The van der Waals surface area contributed by atoms with E-state index in [1.54, 1.807) is 6.20 Å². The molecular formula is C20H24N6. The molecule has 26 heavy (non-hydrogen) atoms. The molecule has 0 atom stereocenters. The predicted octanol–water partition coefficient (Wildman–Crippen LogP) is 3.17. The van der Waals surface area contributed by atoms with Gasteiger partial charge in [0.2, 0.25) is 0 Å². The van der Waals surface area contributed by atoms with Crippen molar-refractivity contribution in [2.45, 2.75) is 38.0 Å². The molecule has 5 rings (SSSR count).